The van der Waals surface area contributed by atoms with E-state index >= 15 is 0 Å². The van der Waals surface area contributed by atoms with Gasteiger partial charge in [0.2, 0.25) is 0 Å². The summed E-state index contributed by atoms with van der Waals surface area (Å²) in [6.07, 6.45) is -0.668. The lowest BCUT2D eigenvalue weighted by Gasteiger charge is -2.03. The summed E-state index contributed by atoms with van der Waals surface area (Å²) in [4.78, 5) is 24.4. The minimum atomic E-state index is -1.13. The van der Waals surface area contributed by atoms with E-state index in [4.69, 9.17) is 5.11 Å². The SMILES string of the molecule is CCOC(=O)Nc1cc(C)[nH]c1C(=O)O. The maximum Gasteiger partial charge on any atom is 0.411 e. The average Bonchev–Trinajstić information content (AvgIpc) is 2.47. The lowest BCUT2D eigenvalue weighted by molar-refractivity contribution is 0.0692. The van der Waals surface area contributed by atoms with Gasteiger partial charge in [0.05, 0.1) is 12.3 Å². The van der Waals surface area contributed by atoms with Crippen LogP contribution in [0.3, 0.4) is 0 Å². The Hall–Kier alpha value is -1.98. The topological polar surface area (TPSA) is 91.4 Å². The predicted octanol–water partition coefficient (Wildman–Crippen LogP) is 1.59. The first kappa shape index (κ1) is 11.1. The number of H-pyrrole nitrogens is 1. The first-order chi connectivity index (χ1) is 7.04. The minimum absolute atomic E-state index is 0.0550. The quantitative estimate of drug-likeness (QED) is 0.709. The fourth-order valence-electron chi connectivity index (χ4n) is 1.13. The Labute approximate surface area is 86.2 Å². The van der Waals surface area contributed by atoms with Gasteiger partial charge < -0.3 is 14.8 Å². The second-order valence-corrected chi connectivity index (χ2v) is 2.89. The number of aromatic amines is 1. The second kappa shape index (κ2) is 4.50. The molecule has 82 valence electrons. The molecule has 1 aromatic rings. The Morgan fingerprint density at radius 3 is 2.80 bits per heavy atom. The van der Waals surface area contributed by atoms with Crippen LogP contribution >= 0.6 is 0 Å². The highest BCUT2D eigenvalue weighted by atomic mass is 16.5. The Balaban J connectivity index is 2.84. The van der Waals surface area contributed by atoms with E-state index in [1.54, 1.807) is 13.8 Å². The van der Waals surface area contributed by atoms with Gasteiger partial charge in [-0.05, 0) is 19.9 Å². The number of hydrogen-bond donors (Lipinski definition) is 3. The Bertz CT molecular complexity index is 383. The van der Waals surface area contributed by atoms with Gasteiger partial charge in [-0.25, -0.2) is 9.59 Å². The molecule has 15 heavy (non-hydrogen) atoms. The number of rotatable bonds is 3. The lowest BCUT2D eigenvalue weighted by Crippen LogP contribution is -2.15. The maximum atomic E-state index is 11.1. The third-order valence-corrected chi connectivity index (χ3v) is 1.68. The first-order valence-electron chi connectivity index (χ1n) is 4.41. The molecule has 0 atom stereocenters. The molecule has 0 saturated carbocycles. The summed E-state index contributed by atoms with van der Waals surface area (Å²) >= 11 is 0. The van der Waals surface area contributed by atoms with E-state index < -0.39 is 12.1 Å². The van der Waals surface area contributed by atoms with Crippen molar-refractivity contribution in [2.24, 2.45) is 0 Å². The fourth-order valence-corrected chi connectivity index (χ4v) is 1.13. The molecule has 1 aromatic heterocycles. The van der Waals surface area contributed by atoms with Crippen LogP contribution in [0.1, 0.15) is 23.1 Å². The summed E-state index contributed by atoms with van der Waals surface area (Å²) in [6.45, 7) is 3.60. The van der Waals surface area contributed by atoms with Gasteiger partial charge in [-0.2, -0.15) is 0 Å². The van der Waals surface area contributed by atoms with E-state index in [0.717, 1.165) is 0 Å². The zero-order valence-corrected chi connectivity index (χ0v) is 8.46. The standard InChI is InChI=1S/C9H12N2O4/c1-3-15-9(14)11-6-4-5(2)10-7(6)8(12)13/h4,10H,3H2,1-2H3,(H,11,14)(H,12,13). The van der Waals surface area contributed by atoms with Crippen LogP contribution < -0.4 is 5.32 Å². The molecule has 0 aliphatic heterocycles. The van der Waals surface area contributed by atoms with E-state index in [-0.39, 0.29) is 18.0 Å². The minimum Gasteiger partial charge on any atom is -0.477 e. The molecule has 0 aliphatic carbocycles. The molecule has 6 heteroatoms. The number of carbonyl (C=O) groups is 2. The van der Waals surface area contributed by atoms with Gasteiger partial charge in [0.15, 0.2) is 0 Å². The number of carboxylic acid groups (broad SMARTS) is 1. The molecular formula is C9H12N2O4. The summed E-state index contributed by atoms with van der Waals surface area (Å²) in [5.74, 6) is -1.13. The summed E-state index contributed by atoms with van der Waals surface area (Å²) in [5, 5.41) is 11.1. The molecule has 0 radical (unpaired) electrons. The van der Waals surface area contributed by atoms with Crippen LogP contribution in [0.15, 0.2) is 6.07 Å². The van der Waals surface area contributed by atoms with Crippen LogP contribution in [0.5, 0.6) is 0 Å². The van der Waals surface area contributed by atoms with E-state index in [9.17, 15) is 9.59 Å². The van der Waals surface area contributed by atoms with E-state index in [1.807, 2.05) is 0 Å². The number of carboxylic acids is 1. The monoisotopic (exact) mass is 212 g/mol. The Morgan fingerprint density at radius 2 is 2.27 bits per heavy atom. The molecule has 0 bridgehead atoms. The number of carbonyl (C=O) groups excluding carboxylic acids is 1. The number of nitrogens with one attached hydrogen (secondary N) is 2. The number of amides is 1. The largest absolute Gasteiger partial charge is 0.477 e. The van der Waals surface area contributed by atoms with Crippen molar-refractivity contribution in [2.75, 3.05) is 11.9 Å². The van der Waals surface area contributed by atoms with Crippen LogP contribution in [-0.2, 0) is 4.74 Å². The predicted molar refractivity (Wildman–Crippen MR) is 53.1 cm³/mol. The van der Waals surface area contributed by atoms with Gasteiger partial charge in [-0.15, -0.1) is 0 Å². The number of aryl methyl sites for hydroxylation is 1. The van der Waals surface area contributed by atoms with Gasteiger partial charge in [0.1, 0.15) is 5.69 Å². The summed E-state index contributed by atoms with van der Waals surface area (Å²) in [7, 11) is 0. The molecule has 0 spiro atoms. The van der Waals surface area contributed by atoms with Gasteiger partial charge in [0.25, 0.3) is 0 Å². The summed E-state index contributed by atoms with van der Waals surface area (Å²) in [6, 6.07) is 1.53. The van der Waals surface area contributed by atoms with Crippen LogP contribution in [-0.4, -0.2) is 28.8 Å². The van der Waals surface area contributed by atoms with Crippen LogP contribution in [0.2, 0.25) is 0 Å². The van der Waals surface area contributed by atoms with Crippen molar-refractivity contribution in [3.63, 3.8) is 0 Å². The third kappa shape index (κ3) is 2.73. The zero-order valence-electron chi connectivity index (χ0n) is 8.46. The number of aromatic nitrogens is 1. The average molecular weight is 212 g/mol. The van der Waals surface area contributed by atoms with Crippen molar-refractivity contribution >= 4 is 17.7 Å². The van der Waals surface area contributed by atoms with Crippen molar-refractivity contribution in [1.82, 2.24) is 4.98 Å². The van der Waals surface area contributed by atoms with E-state index in [0.29, 0.717) is 5.69 Å². The third-order valence-electron chi connectivity index (χ3n) is 1.68. The highest BCUT2D eigenvalue weighted by Crippen LogP contribution is 2.16. The van der Waals surface area contributed by atoms with Gasteiger partial charge >= 0.3 is 12.1 Å². The van der Waals surface area contributed by atoms with Crippen molar-refractivity contribution in [3.8, 4) is 0 Å². The fraction of sp³-hybridized carbons (Fsp3) is 0.333. The molecule has 0 saturated heterocycles. The normalized spacial score (nSPS) is 9.73. The highest BCUT2D eigenvalue weighted by molar-refractivity contribution is 5.97. The molecule has 0 fully saturated rings. The Morgan fingerprint density at radius 1 is 1.60 bits per heavy atom. The van der Waals surface area contributed by atoms with E-state index in [2.05, 4.69) is 15.0 Å². The highest BCUT2D eigenvalue weighted by Gasteiger charge is 2.15. The zero-order chi connectivity index (χ0) is 11.4. The number of hydrogen-bond acceptors (Lipinski definition) is 3. The van der Waals surface area contributed by atoms with Crippen LogP contribution in [0, 0.1) is 6.92 Å². The molecule has 3 N–H and O–H groups in total. The summed E-state index contributed by atoms with van der Waals surface area (Å²) in [5.41, 5.74) is 0.804. The van der Waals surface area contributed by atoms with Crippen molar-refractivity contribution in [2.45, 2.75) is 13.8 Å². The molecule has 0 unspecified atom stereocenters. The number of ether oxygens (including phenoxy) is 1. The lowest BCUT2D eigenvalue weighted by atomic mass is 10.3. The van der Waals surface area contributed by atoms with Gasteiger partial charge in [-0.1, -0.05) is 0 Å². The van der Waals surface area contributed by atoms with Crippen molar-refractivity contribution < 1.29 is 19.4 Å². The smallest absolute Gasteiger partial charge is 0.411 e. The number of aromatic carboxylic acids is 1. The molecule has 1 rings (SSSR count). The van der Waals surface area contributed by atoms with Crippen LogP contribution in [0.4, 0.5) is 10.5 Å². The molecule has 6 nitrogen and oxygen atoms in total. The maximum absolute atomic E-state index is 11.1. The van der Waals surface area contributed by atoms with Crippen molar-refractivity contribution in [3.05, 3.63) is 17.5 Å². The molecule has 1 amide bonds. The summed E-state index contributed by atoms with van der Waals surface area (Å²) < 4.78 is 4.63. The number of anilines is 1. The van der Waals surface area contributed by atoms with E-state index in [1.165, 1.54) is 6.07 Å². The van der Waals surface area contributed by atoms with Crippen LogP contribution in [0.25, 0.3) is 0 Å². The Kier molecular flexibility index (Phi) is 3.33. The van der Waals surface area contributed by atoms with Gasteiger partial charge in [0, 0.05) is 5.69 Å². The first-order valence-corrected chi connectivity index (χ1v) is 4.41. The van der Waals surface area contributed by atoms with Crippen molar-refractivity contribution in [1.29, 1.82) is 0 Å². The molecule has 0 aliphatic rings. The van der Waals surface area contributed by atoms with Gasteiger partial charge in [-0.3, -0.25) is 5.32 Å². The molecule has 1 heterocycles. The molecule has 0 aromatic carbocycles. The second-order valence-electron chi connectivity index (χ2n) is 2.89. The molecular weight excluding hydrogens is 200 g/mol.